The fourth-order valence-electron chi connectivity index (χ4n) is 3.97. The molecule has 17 nitrogen and oxygen atoms in total. The number of carbonyl (C=O) groups excluding carboxylic acids is 6. The lowest BCUT2D eigenvalue weighted by atomic mass is 9.93. The van der Waals surface area contributed by atoms with Crippen molar-refractivity contribution >= 4 is 68.3 Å². The van der Waals surface area contributed by atoms with Gasteiger partial charge in [-0.3, -0.25) is 19.7 Å². The van der Waals surface area contributed by atoms with Gasteiger partial charge >= 0.3 is 18.2 Å². The number of esters is 1. The minimum Gasteiger partial charge on any atom is -0.457 e. The highest BCUT2D eigenvalue weighted by atomic mass is 32.1. The predicted octanol–water partition coefficient (Wildman–Crippen LogP) is 2.43. The summed E-state index contributed by atoms with van der Waals surface area (Å²) in [6.45, 7) is 18.8. The Kier molecular flexibility index (Phi) is 14.1. The summed E-state index contributed by atoms with van der Waals surface area (Å²) in [7, 11) is -1.25. The van der Waals surface area contributed by atoms with Crippen molar-refractivity contribution in [2.45, 2.75) is 111 Å². The SMILES string of the molecule is CC(NC=O)OC(=O)OCC1C(NC(=O)C(=NOCC(=O)OC(C)(C)C)c2csc(NC(=O)OC(C)(C)C)n2)C(=O)N1[SiH2]C(C)C(C)(C)C. The van der Waals surface area contributed by atoms with E-state index in [0.29, 0.717) is 6.41 Å². The van der Waals surface area contributed by atoms with Gasteiger partial charge < -0.3 is 39.0 Å². The van der Waals surface area contributed by atoms with Crippen molar-refractivity contribution in [1.29, 1.82) is 0 Å². The van der Waals surface area contributed by atoms with Crippen LogP contribution >= 0.6 is 11.3 Å². The van der Waals surface area contributed by atoms with Gasteiger partial charge in [-0.1, -0.05) is 32.9 Å². The Hall–Kier alpha value is -4.26. The zero-order chi connectivity index (χ0) is 37.3. The summed E-state index contributed by atoms with van der Waals surface area (Å²) < 4.78 is 22.3. The van der Waals surface area contributed by atoms with Crippen molar-refractivity contribution in [3.63, 3.8) is 0 Å². The number of ether oxygens (including phenoxy) is 4. The van der Waals surface area contributed by atoms with Crippen LogP contribution in [0, 0.1) is 5.41 Å². The van der Waals surface area contributed by atoms with E-state index >= 15 is 0 Å². The monoisotopic (exact) mass is 728 g/mol. The van der Waals surface area contributed by atoms with Gasteiger partial charge in [-0.25, -0.2) is 19.4 Å². The molecule has 1 fully saturated rings. The summed E-state index contributed by atoms with van der Waals surface area (Å²) in [4.78, 5) is 84.0. The molecule has 4 unspecified atom stereocenters. The third kappa shape index (κ3) is 13.6. The molecular formula is C30H48N6O11SSi. The molecule has 2 heterocycles. The fourth-order valence-corrected chi connectivity index (χ4v) is 6.75. The largest absolute Gasteiger partial charge is 0.510 e. The first kappa shape index (κ1) is 40.9. The number of nitrogens with one attached hydrogen (secondary N) is 3. The van der Waals surface area contributed by atoms with Gasteiger partial charge in [0.2, 0.25) is 18.9 Å². The van der Waals surface area contributed by atoms with Crippen LogP contribution < -0.4 is 16.0 Å². The van der Waals surface area contributed by atoms with Crippen molar-refractivity contribution in [2.24, 2.45) is 10.6 Å². The van der Waals surface area contributed by atoms with Gasteiger partial charge in [0.15, 0.2) is 17.1 Å². The second kappa shape index (κ2) is 16.9. The van der Waals surface area contributed by atoms with Crippen molar-refractivity contribution in [3.8, 4) is 0 Å². The fraction of sp³-hybridized carbons (Fsp3) is 0.667. The molecule has 2 rings (SSSR count). The minimum absolute atomic E-state index is 0.0369. The molecule has 4 atom stereocenters. The molecule has 0 radical (unpaired) electrons. The van der Waals surface area contributed by atoms with Crippen LogP contribution in [0.15, 0.2) is 10.5 Å². The van der Waals surface area contributed by atoms with Crippen LogP contribution in [-0.2, 0) is 43.0 Å². The maximum Gasteiger partial charge on any atom is 0.510 e. The number of hydrogen-bond acceptors (Lipinski definition) is 14. The summed E-state index contributed by atoms with van der Waals surface area (Å²) in [5.41, 5.74) is -1.96. The van der Waals surface area contributed by atoms with Gasteiger partial charge in [-0.15, -0.1) is 11.3 Å². The number of carbonyl (C=O) groups is 6. The predicted molar refractivity (Wildman–Crippen MR) is 181 cm³/mol. The Bertz CT molecular complexity index is 1400. The van der Waals surface area contributed by atoms with E-state index < -0.39 is 75.6 Å². The van der Waals surface area contributed by atoms with E-state index in [4.69, 9.17) is 23.8 Å². The van der Waals surface area contributed by atoms with Gasteiger partial charge in [-0.05, 0) is 59.4 Å². The molecule has 1 aliphatic rings. The summed E-state index contributed by atoms with van der Waals surface area (Å²) >= 11 is 0.967. The summed E-state index contributed by atoms with van der Waals surface area (Å²) in [5, 5.41) is 12.7. The third-order valence-electron chi connectivity index (χ3n) is 6.85. The van der Waals surface area contributed by atoms with Gasteiger partial charge in [0.25, 0.3) is 5.91 Å². The molecule has 1 aliphatic heterocycles. The highest BCUT2D eigenvalue weighted by Gasteiger charge is 2.50. The van der Waals surface area contributed by atoms with Gasteiger partial charge in [0.05, 0.1) is 6.04 Å². The van der Waals surface area contributed by atoms with Crippen LogP contribution in [0.2, 0.25) is 5.54 Å². The van der Waals surface area contributed by atoms with Crippen molar-refractivity contribution in [1.82, 2.24) is 20.2 Å². The van der Waals surface area contributed by atoms with Crippen LogP contribution in [0.1, 0.15) is 81.9 Å². The first-order valence-corrected chi connectivity index (χ1v) is 17.9. The van der Waals surface area contributed by atoms with Gasteiger partial charge in [0.1, 0.15) is 39.2 Å². The van der Waals surface area contributed by atoms with Gasteiger partial charge in [-0.2, -0.15) is 0 Å². The molecule has 274 valence electrons. The molecule has 0 aromatic carbocycles. The number of aromatic nitrogens is 1. The number of oxime groups is 1. The van der Waals surface area contributed by atoms with Crippen molar-refractivity contribution < 1.29 is 52.6 Å². The second-order valence-electron chi connectivity index (χ2n) is 14.3. The minimum atomic E-state index is -1.25. The quantitative estimate of drug-likeness (QED) is 0.0368. The second-order valence-corrected chi connectivity index (χ2v) is 17.5. The van der Waals surface area contributed by atoms with Crippen LogP contribution in [0.5, 0.6) is 0 Å². The van der Waals surface area contributed by atoms with Crippen LogP contribution in [-0.4, -0.2) is 104 Å². The topological polar surface area (TPSA) is 213 Å². The molecule has 3 N–H and O–H groups in total. The van der Waals surface area contributed by atoms with E-state index in [1.807, 2.05) is 6.92 Å². The number of hydrogen-bond donors (Lipinski definition) is 3. The Morgan fingerprint density at radius 2 is 1.69 bits per heavy atom. The van der Waals surface area contributed by atoms with Gasteiger partial charge in [0, 0.05) is 5.38 Å². The lowest BCUT2D eigenvalue weighted by Gasteiger charge is -2.49. The van der Waals surface area contributed by atoms with E-state index in [1.54, 1.807) is 46.1 Å². The zero-order valence-electron chi connectivity index (χ0n) is 29.8. The molecule has 1 aromatic rings. The molecular weight excluding hydrogens is 681 g/mol. The summed E-state index contributed by atoms with van der Waals surface area (Å²) in [5.74, 6) is -2.02. The van der Waals surface area contributed by atoms with Crippen molar-refractivity contribution in [2.75, 3.05) is 18.5 Å². The smallest absolute Gasteiger partial charge is 0.457 e. The van der Waals surface area contributed by atoms with Crippen LogP contribution in [0.25, 0.3) is 0 Å². The Morgan fingerprint density at radius 1 is 1.06 bits per heavy atom. The van der Waals surface area contributed by atoms with Crippen LogP contribution in [0.4, 0.5) is 14.7 Å². The van der Waals surface area contributed by atoms with E-state index in [-0.39, 0.29) is 34.3 Å². The highest BCUT2D eigenvalue weighted by molar-refractivity contribution is 7.14. The number of amides is 4. The average molecular weight is 729 g/mol. The molecule has 0 bridgehead atoms. The third-order valence-corrected chi connectivity index (χ3v) is 10.5. The van der Waals surface area contributed by atoms with E-state index in [2.05, 4.69) is 46.9 Å². The van der Waals surface area contributed by atoms with E-state index in [0.717, 1.165) is 11.3 Å². The summed E-state index contributed by atoms with van der Waals surface area (Å²) in [6, 6.07) is -1.86. The average Bonchev–Trinajstić information content (AvgIpc) is 3.38. The molecule has 19 heteroatoms. The Morgan fingerprint density at radius 3 is 2.27 bits per heavy atom. The highest BCUT2D eigenvalue weighted by Crippen LogP contribution is 2.33. The molecule has 4 amide bonds. The molecule has 0 spiro atoms. The maximum absolute atomic E-state index is 13.7. The maximum atomic E-state index is 13.7. The Labute approximate surface area is 292 Å². The van der Waals surface area contributed by atoms with Crippen molar-refractivity contribution in [3.05, 3.63) is 11.1 Å². The molecule has 0 aliphatic carbocycles. The number of anilines is 1. The van der Waals surface area contributed by atoms with E-state index in [1.165, 1.54) is 12.3 Å². The van der Waals surface area contributed by atoms with E-state index in [9.17, 15) is 28.8 Å². The zero-order valence-corrected chi connectivity index (χ0v) is 32.1. The first-order valence-electron chi connectivity index (χ1n) is 15.5. The normalized spacial score (nSPS) is 18.1. The molecule has 1 aromatic heterocycles. The summed E-state index contributed by atoms with van der Waals surface area (Å²) in [6.07, 6.45) is -2.45. The standard InChI is InChI=1S/C30H48N6O11SSi/c1-16(28(3,4)5)49-36-19(12-43-27(42)45-17(2)31-15-37)22(24(36)40)33-23(39)21(35-44-13-20(38)46-29(6,7)8)18-14-48-25(32-18)34-26(41)47-30(9,10)11/h14-17,19,22H,12-13,49H2,1-11H3,(H,31,37)(H,33,39)(H,32,34,41). The number of β-lactam (4-membered cyclic amide) rings is 1. The lowest BCUT2D eigenvalue weighted by Crippen LogP contribution is -2.74. The number of thiazole rings is 1. The lowest BCUT2D eigenvalue weighted by molar-refractivity contribution is -0.160. The molecule has 0 saturated carbocycles. The number of rotatable bonds is 14. The first-order chi connectivity index (χ1) is 22.5. The molecule has 1 saturated heterocycles. The van der Waals surface area contributed by atoms with Crippen LogP contribution in [0.3, 0.4) is 0 Å². The Balaban J connectivity index is 2.33. The molecule has 49 heavy (non-hydrogen) atoms. The number of nitrogens with zero attached hydrogens (tertiary/aromatic N) is 3.